The molecular weight excluding hydrogens is 310 g/mol. The highest BCUT2D eigenvalue weighted by Gasteiger charge is 2.15. The Hall–Kier alpha value is -2.41. The topological polar surface area (TPSA) is 88.9 Å². The van der Waals surface area contributed by atoms with Gasteiger partial charge in [-0.15, -0.1) is 0 Å². The van der Waals surface area contributed by atoms with Crippen LogP contribution in [0.4, 0.5) is 0 Å². The zero-order valence-corrected chi connectivity index (χ0v) is 14.5. The van der Waals surface area contributed by atoms with E-state index in [-0.39, 0.29) is 24.9 Å². The van der Waals surface area contributed by atoms with Gasteiger partial charge in [0.15, 0.2) is 13.1 Å². The molecule has 24 heavy (non-hydrogen) atoms. The normalized spacial score (nSPS) is 11.5. The number of hydrogen-bond donors (Lipinski definition) is 3. The molecule has 3 N–H and O–H groups in total. The monoisotopic (exact) mass is 336 g/mol. The van der Waals surface area contributed by atoms with E-state index in [1.54, 1.807) is 24.3 Å². The minimum absolute atomic E-state index is 0.0550. The summed E-state index contributed by atoms with van der Waals surface area (Å²) >= 11 is 0. The molecule has 0 radical (unpaired) electrons. The number of ether oxygens (including phenoxy) is 1. The fraction of sp³-hybridized carbons (Fsp3) is 0.471. The van der Waals surface area contributed by atoms with E-state index < -0.39 is 5.97 Å². The predicted octanol–water partition coefficient (Wildman–Crippen LogP) is -0.870. The summed E-state index contributed by atoms with van der Waals surface area (Å²) < 4.78 is 4.64. The second kappa shape index (κ2) is 10.4. The van der Waals surface area contributed by atoms with Crippen LogP contribution in [0.3, 0.4) is 0 Å². The average molecular weight is 336 g/mol. The molecule has 0 saturated heterocycles. The van der Waals surface area contributed by atoms with Gasteiger partial charge in [0.05, 0.1) is 19.2 Å². The van der Waals surface area contributed by atoms with Crippen molar-refractivity contribution in [3.05, 3.63) is 35.4 Å². The molecule has 1 aromatic carbocycles. The van der Waals surface area contributed by atoms with Gasteiger partial charge in [-0.25, -0.2) is 4.79 Å². The second-order valence-electron chi connectivity index (χ2n) is 5.38. The maximum Gasteiger partial charge on any atom is 0.337 e. The molecule has 7 nitrogen and oxygen atoms in total. The minimum Gasteiger partial charge on any atom is -0.465 e. The van der Waals surface area contributed by atoms with Gasteiger partial charge in [0, 0.05) is 13.1 Å². The Morgan fingerprint density at radius 1 is 1.00 bits per heavy atom. The standard InChI is InChI=1S/C17H25N3O4/c1-4-18-15(21)11-20(5-2)12-16(22)19-10-13-6-8-14(9-7-13)17(23)24-3/h6-9H,4-5,10-12H2,1-3H3,(H,18,21)(H,19,22)/p+1. The number of carbonyl (C=O) groups is 3. The molecule has 0 aliphatic heterocycles. The van der Waals surface area contributed by atoms with Crippen molar-refractivity contribution in [1.82, 2.24) is 10.6 Å². The van der Waals surface area contributed by atoms with Crippen LogP contribution in [0, 0.1) is 0 Å². The van der Waals surface area contributed by atoms with Crippen LogP contribution in [0.2, 0.25) is 0 Å². The third kappa shape index (κ3) is 6.78. The summed E-state index contributed by atoms with van der Waals surface area (Å²) in [5, 5.41) is 5.56. The summed E-state index contributed by atoms with van der Waals surface area (Å²) in [5.74, 6) is -0.563. The molecule has 132 valence electrons. The van der Waals surface area contributed by atoms with E-state index in [0.29, 0.717) is 25.2 Å². The molecule has 0 saturated carbocycles. The number of methoxy groups -OCH3 is 1. The maximum atomic E-state index is 12.0. The first-order chi connectivity index (χ1) is 11.5. The van der Waals surface area contributed by atoms with Crippen LogP contribution in [0.1, 0.15) is 29.8 Å². The third-order valence-corrected chi connectivity index (χ3v) is 3.56. The molecule has 0 aliphatic carbocycles. The Bertz CT molecular complexity index is 557. The van der Waals surface area contributed by atoms with Crippen LogP contribution >= 0.6 is 0 Å². The molecule has 2 amide bonds. The van der Waals surface area contributed by atoms with Crippen LogP contribution in [0.5, 0.6) is 0 Å². The molecule has 0 aliphatic rings. The molecule has 7 heteroatoms. The number of likely N-dealkylation sites (N-methyl/N-ethyl adjacent to an activating group) is 2. The van der Waals surface area contributed by atoms with Crippen molar-refractivity contribution in [2.24, 2.45) is 0 Å². The van der Waals surface area contributed by atoms with E-state index in [4.69, 9.17) is 0 Å². The van der Waals surface area contributed by atoms with Crippen molar-refractivity contribution in [2.45, 2.75) is 20.4 Å². The fourth-order valence-corrected chi connectivity index (χ4v) is 2.17. The Morgan fingerprint density at radius 3 is 2.08 bits per heavy atom. The van der Waals surface area contributed by atoms with E-state index in [2.05, 4.69) is 15.4 Å². The molecule has 0 spiro atoms. The van der Waals surface area contributed by atoms with Crippen LogP contribution in [0.25, 0.3) is 0 Å². The zero-order valence-electron chi connectivity index (χ0n) is 14.5. The molecule has 0 aromatic heterocycles. The third-order valence-electron chi connectivity index (χ3n) is 3.56. The smallest absolute Gasteiger partial charge is 0.337 e. The first-order valence-electron chi connectivity index (χ1n) is 8.04. The summed E-state index contributed by atoms with van der Waals surface area (Å²) in [7, 11) is 1.33. The Kier molecular flexibility index (Phi) is 8.49. The lowest BCUT2D eigenvalue weighted by Crippen LogP contribution is -3.14. The first-order valence-corrected chi connectivity index (χ1v) is 8.04. The highest BCUT2D eigenvalue weighted by Crippen LogP contribution is 2.05. The number of amides is 2. The minimum atomic E-state index is -0.391. The summed E-state index contributed by atoms with van der Waals surface area (Å²) in [6.07, 6.45) is 0. The van der Waals surface area contributed by atoms with Crippen LogP contribution < -0.4 is 15.5 Å². The van der Waals surface area contributed by atoms with Crippen molar-refractivity contribution in [1.29, 1.82) is 0 Å². The van der Waals surface area contributed by atoms with Gasteiger partial charge in [0.25, 0.3) is 11.8 Å². The van der Waals surface area contributed by atoms with Gasteiger partial charge in [-0.3, -0.25) is 9.59 Å². The first kappa shape index (κ1) is 19.6. The van der Waals surface area contributed by atoms with Crippen molar-refractivity contribution in [3.63, 3.8) is 0 Å². The van der Waals surface area contributed by atoms with Gasteiger partial charge < -0.3 is 20.3 Å². The van der Waals surface area contributed by atoms with E-state index in [9.17, 15) is 14.4 Å². The summed E-state index contributed by atoms with van der Waals surface area (Å²) in [4.78, 5) is 35.8. The average Bonchev–Trinajstić information content (AvgIpc) is 2.59. The Balaban J connectivity index is 2.44. The largest absolute Gasteiger partial charge is 0.465 e. The number of esters is 1. The van der Waals surface area contributed by atoms with Crippen molar-refractivity contribution in [3.8, 4) is 0 Å². The van der Waals surface area contributed by atoms with Gasteiger partial charge in [0.2, 0.25) is 0 Å². The Labute approximate surface area is 142 Å². The highest BCUT2D eigenvalue weighted by molar-refractivity contribution is 5.89. The molecule has 1 rings (SSSR count). The molecule has 0 heterocycles. The Morgan fingerprint density at radius 2 is 1.58 bits per heavy atom. The number of carbonyl (C=O) groups excluding carboxylic acids is 3. The van der Waals surface area contributed by atoms with Crippen LogP contribution in [-0.4, -0.2) is 51.1 Å². The lowest BCUT2D eigenvalue weighted by atomic mass is 10.1. The lowest BCUT2D eigenvalue weighted by molar-refractivity contribution is -0.881. The summed E-state index contributed by atoms with van der Waals surface area (Å²) in [6, 6.07) is 6.86. The predicted molar refractivity (Wildman–Crippen MR) is 89.5 cm³/mol. The van der Waals surface area contributed by atoms with E-state index in [1.807, 2.05) is 13.8 Å². The molecule has 0 fully saturated rings. The number of nitrogens with one attached hydrogen (secondary N) is 3. The summed E-state index contributed by atoms with van der Waals surface area (Å²) in [6.45, 7) is 5.98. The number of rotatable bonds is 9. The fourth-order valence-electron chi connectivity index (χ4n) is 2.17. The number of quaternary nitrogens is 1. The maximum absolute atomic E-state index is 12.0. The van der Waals surface area contributed by atoms with E-state index in [1.165, 1.54) is 7.11 Å². The summed E-state index contributed by atoms with van der Waals surface area (Å²) in [5.41, 5.74) is 1.36. The van der Waals surface area contributed by atoms with Gasteiger partial charge >= 0.3 is 5.97 Å². The molecule has 1 aromatic rings. The van der Waals surface area contributed by atoms with Gasteiger partial charge in [-0.1, -0.05) is 12.1 Å². The van der Waals surface area contributed by atoms with Crippen molar-refractivity contribution >= 4 is 17.8 Å². The van der Waals surface area contributed by atoms with Gasteiger partial charge in [0.1, 0.15) is 0 Å². The highest BCUT2D eigenvalue weighted by atomic mass is 16.5. The number of benzene rings is 1. The van der Waals surface area contributed by atoms with Crippen molar-refractivity contribution < 1.29 is 24.0 Å². The van der Waals surface area contributed by atoms with Gasteiger partial charge in [-0.2, -0.15) is 0 Å². The SMILES string of the molecule is CCNC(=O)C[NH+](CC)CC(=O)NCc1ccc(C(=O)OC)cc1. The van der Waals surface area contributed by atoms with Crippen LogP contribution in [0.15, 0.2) is 24.3 Å². The van der Waals surface area contributed by atoms with E-state index in [0.717, 1.165) is 10.5 Å². The number of hydrogen-bond acceptors (Lipinski definition) is 4. The van der Waals surface area contributed by atoms with Gasteiger partial charge in [-0.05, 0) is 31.5 Å². The quantitative estimate of drug-likeness (QED) is 0.512. The zero-order chi connectivity index (χ0) is 17.9. The molecule has 0 bridgehead atoms. The van der Waals surface area contributed by atoms with E-state index >= 15 is 0 Å². The lowest BCUT2D eigenvalue weighted by Gasteiger charge is -2.16. The molecule has 1 unspecified atom stereocenters. The van der Waals surface area contributed by atoms with Crippen LogP contribution in [-0.2, 0) is 20.9 Å². The second-order valence-corrected chi connectivity index (χ2v) is 5.38. The van der Waals surface area contributed by atoms with Crippen molar-refractivity contribution in [2.75, 3.05) is 33.3 Å². The molecular formula is C17H26N3O4+. The molecule has 1 atom stereocenters.